The first-order valence-electron chi connectivity index (χ1n) is 4.24. The van der Waals surface area contributed by atoms with E-state index in [4.69, 9.17) is 5.73 Å². The first-order valence-corrected chi connectivity index (χ1v) is 4.24. The summed E-state index contributed by atoms with van der Waals surface area (Å²) in [4.78, 5) is 10.9. The Morgan fingerprint density at radius 1 is 1.77 bits per heavy atom. The lowest BCUT2D eigenvalue weighted by Gasteiger charge is -2.13. The molecule has 5 nitrogen and oxygen atoms in total. The number of primary amides is 1. The third-order valence-corrected chi connectivity index (χ3v) is 1.72. The van der Waals surface area contributed by atoms with E-state index in [0.29, 0.717) is 6.54 Å². The zero-order chi connectivity index (χ0) is 9.68. The van der Waals surface area contributed by atoms with Crippen LogP contribution in [0.2, 0.25) is 0 Å². The summed E-state index contributed by atoms with van der Waals surface area (Å²) in [5.41, 5.74) is 5.20. The molecule has 1 aromatic rings. The van der Waals surface area contributed by atoms with Crippen molar-refractivity contribution in [2.45, 2.75) is 19.5 Å². The van der Waals surface area contributed by atoms with Gasteiger partial charge in [0.15, 0.2) is 0 Å². The number of hydrogen-bond donors (Lipinski definition) is 2. The van der Waals surface area contributed by atoms with Crippen molar-refractivity contribution in [1.29, 1.82) is 0 Å². The van der Waals surface area contributed by atoms with E-state index in [0.717, 1.165) is 6.54 Å². The maximum atomic E-state index is 10.9. The molecular weight excluding hydrogens is 168 g/mol. The van der Waals surface area contributed by atoms with Crippen LogP contribution in [0.4, 0.5) is 0 Å². The first kappa shape index (κ1) is 9.73. The van der Waals surface area contributed by atoms with Crippen molar-refractivity contribution in [1.82, 2.24) is 15.1 Å². The second kappa shape index (κ2) is 4.61. The van der Waals surface area contributed by atoms with Crippen LogP contribution < -0.4 is 11.1 Å². The highest BCUT2D eigenvalue weighted by atomic mass is 16.1. The molecule has 0 aliphatic heterocycles. The highest BCUT2D eigenvalue weighted by Crippen LogP contribution is 1.90. The average molecular weight is 182 g/mol. The van der Waals surface area contributed by atoms with Gasteiger partial charge < -0.3 is 11.1 Å². The summed E-state index contributed by atoms with van der Waals surface area (Å²) >= 11 is 0. The Labute approximate surface area is 76.9 Å². The number of aromatic nitrogens is 2. The minimum atomic E-state index is -0.350. The number of nitrogens with two attached hydrogens (primary N) is 1. The molecule has 1 amide bonds. The summed E-state index contributed by atoms with van der Waals surface area (Å²) < 4.78 is 1.68. The second-order valence-electron chi connectivity index (χ2n) is 2.74. The second-order valence-corrected chi connectivity index (χ2v) is 2.74. The summed E-state index contributed by atoms with van der Waals surface area (Å²) in [5.74, 6) is -0.350. The van der Waals surface area contributed by atoms with Crippen LogP contribution in [-0.4, -0.2) is 28.3 Å². The Hall–Kier alpha value is -1.36. The van der Waals surface area contributed by atoms with Crippen LogP contribution >= 0.6 is 0 Å². The molecule has 1 unspecified atom stereocenters. The average Bonchev–Trinajstić information content (AvgIpc) is 2.56. The molecule has 0 spiro atoms. The van der Waals surface area contributed by atoms with E-state index in [2.05, 4.69) is 10.4 Å². The Morgan fingerprint density at radius 3 is 3.00 bits per heavy atom. The molecule has 0 bridgehead atoms. The van der Waals surface area contributed by atoms with Crippen molar-refractivity contribution in [3.05, 3.63) is 18.5 Å². The van der Waals surface area contributed by atoms with Crippen molar-refractivity contribution in [2.24, 2.45) is 5.73 Å². The first-order chi connectivity index (χ1) is 6.24. The predicted molar refractivity (Wildman–Crippen MR) is 48.9 cm³/mol. The van der Waals surface area contributed by atoms with E-state index in [1.54, 1.807) is 17.1 Å². The zero-order valence-electron chi connectivity index (χ0n) is 7.60. The summed E-state index contributed by atoms with van der Waals surface area (Å²) in [6, 6.07) is 1.47. The smallest absolute Gasteiger partial charge is 0.236 e. The van der Waals surface area contributed by atoms with Crippen LogP contribution in [0.5, 0.6) is 0 Å². The monoisotopic (exact) mass is 182 g/mol. The van der Waals surface area contributed by atoms with Gasteiger partial charge in [-0.3, -0.25) is 9.48 Å². The number of nitrogens with zero attached hydrogens (tertiary/aromatic N) is 2. The van der Waals surface area contributed by atoms with E-state index in [1.807, 2.05) is 13.0 Å². The molecule has 5 heteroatoms. The van der Waals surface area contributed by atoms with E-state index in [9.17, 15) is 4.79 Å². The maximum Gasteiger partial charge on any atom is 0.236 e. The quantitative estimate of drug-likeness (QED) is 0.635. The van der Waals surface area contributed by atoms with Gasteiger partial charge in [-0.15, -0.1) is 0 Å². The molecule has 0 saturated carbocycles. The molecular formula is C8H14N4O. The summed E-state index contributed by atoms with van der Waals surface area (Å²) in [7, 11) is 0. The fourth-order valence-corrected chi connectivity index (χ4v) is 1.10. The molecule has 1 atom stereocenters. The van der Waals surface area contributed by atoms with Gasteiger partial charge in [-0.05, 0) is 12.6 Å². The molecule has 0 aliphatic rings. The van der Waals surface area contributed by atoms with Crippen molar-refractivity contribution in [3.63, 3.8) is 0 Å². The van der Waals surface area contributed by atoms with Gasteiger partial charge >= 0.3 is 0 Å². The largest absolute Gasteiger partial charge is 0.368 e. The molecule has 1 heterocycles. The van der Waals surface area contributed by atoms with Crippen molar-refractivity contribution >= 4 is 5.91 Å². The number of hydrogen-bond acceptors (Lipinski definition) is 3. The van der Waals surface area contributed by atoms with Crippen LogP contribution in [-0.2, 0) is 11.3 Å². The lowest BCUT2D eigenvalue weighted by Crippen LogP contribution is -2.44. The zero-order valence-corrected chi connectivity index (χ0v) is 7.60. The minimum absolute atomic E-state index is 0.343. The fraction of sp³-hybridized carbons (Fsp3) is 0.500. The third-order valence-electron chi connectivity index (χ3n) is 1.72. The standard InChI is InChI=1S/C8H14N4O/c1-2-10-7(8(9)13)6-12-5-3-4-11-12/h3-5,7,10H,2,6H2,1H3,(H2,9,13). The normalized spacial score (nSPS) is 12.7. The molecule has 0 aromatic carbocycles. The van der Waals surface area contributed by atoms with Gasteiger partial charge in [0.25, 0.3) is 0 Å². The number of carbonyl (C=O) groups excluding carboxylic acids is 1. The molecule has 0 radical (unpaired) electrons. The fourth-order valence-electron chi connectivity index (χ4n) is 1.10. The van der Waals surface area contributed by atoms with Gasteiger partial charge in [-0.25, -0.2) is 0 Å². The predicted octanol–water partition coefficient (Wildman–Crippen LogP) is -0.653. The van der Waals surface area contributed by atoms with Crippen molar-refractivity contribution in [3.8, 4) is 0 Å². The van der Waals surface area contributed by atoms with E-state index in [1.165, 1.54) is 0 Å². The third kappa shape index (κ3) is 2.87. The van der Waals surface area contributed by atoms with E-state index in [-0.39, 0.29) is 11.9 Å². The van der Waals surface area contributed by atoms with E-state index >= 15 is 0 Å². The summed E-state index contributed by atoms with van der Waals surface area (Å²) in [6.45, 7) is 3.13. The number of nitrogens with one attached hydrogen (secondary N) is 1. The van der Waals surface area contributed by atoms with E-state index < -0.39 is 0 Å². The van der Waals surface area contributed by atoms with Crippen molar-refractivity contribution < 1.29 is 4.79 Å². The van der Waals surface area contributed by atoms with Gasteiger partial charge in [-0.2, -0.15) is 5.10 Å². The Kier molecular flexibility index (Phi) is 3.45. The van der Waals surface area contributed by atoms with Crippen LogP contribution in [0.1, 0.15) is 6.92 Å². The lowest BCUT2D eigenvalue weighted by atomic mass is 10.3. The van der Waals surface area contributed by atoms with Gasteiger partial charge in [0.1, 0.15) is 6.04 Å². The SMILES string of the molecule is CCNC(Cn1cccn1)C(N)=O. The minimum Gasteiger partial charge on any atom is -0.368 e. The van der Waals surface area contributed by atoms with Gasteiger partial charge in [0.05, 0.1) is 6.54 Å². The Morgan fingerprint density at radius 2 is 2.54 bits per heavy atom. The van der Waals surface area contributed by atoms with Gasteiger partial charge in [0, 0.05) is 12.4 Å². The lowest BCUT2D eigenvalue weighted by molar-refractivity contribution is -0.120. The van der Waals surface area contributed by atoms with Crippen LogP contribution in [0.25, 0.3) is 0 Å². The van der Waals surface area contributed by atoms with Crippen LogP contribution in [0.15, 0.2) is 18.5 Å². The molecule has 0 fully saturated rings. The van der Waals surface area contributed by atoms with Crippen LogP contribution in [0, 0.1) is 0 Å². The molecule has 0 aliphatic carbocycles. The molecule has 72 valence electrons. The maximum absolute atomic E-state index is 10.9. The topological polar surface area (TPSA) is 72.9 Å². The highest BCUT2D eigenvalue weighted by Gasteiger charge is 2.13. The number of likely N-dealkylation sites (N-methyl/N-ethyl adjacent to an activating group) is 1. The van der Waals surface area contributed by atoms with Crippen molar-refractivity contribution in [2.75, 3.05) is 6.54 Å². The number of amides is 1. The van der Waals surface area contributed by atoms with Gasteiger partial charge in [0.2, 0.25) is 5.91 Å². The van der Waals surface area contributed by atoms with Crippen LogP contribution in [0.3, 0.4) is 0 Å². The molecule has 3 N–H and O–H groups in total. The Balaban J connectivity index is 2.52. The molecule has 1 rings (SSSR count). The highest BCUT2D eigenvalue weighted by molar-refractivity contribution is 5.79. The van der Waals surface area contributed by atoms with Gasteiger partial charge in [-0.1, -0.05) is 6.92 Å². The number of rotatable bonds is 5. The summed E-state index contributed by atoms with van der Waals surface area (Å²) in [5, 5.41) is 6.97. The summed E-state index contributed by atoms with van der Waals surface area (Å²) in [6.07, 6.45) is 3.47. The Bertz CT molecular complexity index is 257. The number of carbonyl (C=O) groups is 1. The molecule has 1 aromatic heterocycles. The molecule has 0 saturated heterocycles. The molecule has 13 heavy (non-hydrogen) atoms.